The summed E-state index contributed by atoms with van der Waals surface area (Å²) in [5, 5.41) is 12.9. The lowest BCUT2D eigenvalue weighted by Crippen LogP contribution is -2.37. The summed E-state index contributed by atoms with van der Waals surface area (Å²) >= 11 is 1.75. The van der Waals surface area contributed by atoms with Gasteiger partial charge in [0.05, 0.1) is 12.7 Å². The zero-order valence-corrected chi connectivity index (χ0v) is 12.8. The number of nitrogens with zero attached hydrogens (tertiary/aromatic N) is 3. The fourth-order valence-corrected chi connectivity index (χ4v) is 2.55. The van der Waals surface area contributed by atoms with Crippen LogP contribution in [0.3, 0.4) is 0 Å². The monoisotopic (exact) mass is 291 g/mol. The third kappa shape index (κ3) is 4.70. The van der Waals surface area contributed by atoms with Crippen molar-refractivity contribution < 1.29 is 0 Å². The van der Waals surface area contributed by atoms with Crippen molar-refractivity contribution in [1.82, 2.24) is 20.4 Å². The van der Waals surface area contributed by atoms with Crippen molar-refractivity contribution in [1.29, 1.82) is 0 Å². The number of guanidine groups is 1. The molecule has 0 unspecified atom stereocenters. The van der Waals surface area contributed by atoms with Gasteiger partial charge in [0, 0.05) is 31.7 Å². The van der Waals surface area contributed by atoms with E-state index in [2.05, 4.69) is 44.4 Å². The summed E-state index contributed by atoms with van der Waals surface area (Å²) in [6.45, 7) is 1.72. The standard InChI is InChI=1S/C14H21N5S/c1-15-14(17-10-13-6-4-8-20-13)16-7-3-5-12-9-18-19(2)11-12/h4,6,8-9,11H,3,5,7,10H2,1-2H3,(H2,15,16,17). The fourth-order valence-electron chi connectivity index (χ4n) is 1.90. The van der Waals surface area contributed by atoms with Crippen LogP contribution in [0.4, 0.5) is 0 Å². The molecule has 0 atom stereocenters. The van der Waals surface area contributed by atoms with Gasteiger partial charge in [-0.3, -0.25) is 9.67 Å². The summed E-state index contributed by atoms with van der Waals surface area (Å²) in [4.78, 5) is 5.53. The molecule has 0 saturated heterocycles. The van der Waals surface area contributed by atoms with Gasteiger partial charge in [0.25, 0.3) is 0 Å². The number of aliphatic imine (C=N–C) groups is 1. The highest BCUT2D eigenvalue weighted by Crippen LogP contribution is 2.07. The first-order chi connectivity index (χ1) is 9.78. The predicted octanol–water partition coefficient (Wildman–Crippen LogP) is 1.78. The van der Waals surface area contributed by atoms with Crippen LogP contribution in [0.5, 0.6) is 0 Å². The normalized spacial score (nSPS) is 11.6. The van der Waals surface area contributed by atoms with E-state index in [9.17, 15) is 0 Å². The molecule has 0 aromatic carbocycles. The van der Waals surface area contributed by atoms with Gasteiger partial charge in [0.2, 0.25) is 0 Å². The van der Waals surface area contributed by atoms with Crippen LogP contribution in [0.1, 0.15) is 16.9 Å². The van der Waals surface area contributed by atoms with Crippen LogP contribution in [0.15, 0.2) is 34.9 Å². The molecule has 0 bridgehead atoms. The Balaban J connectivity index is 1.64. The zero-order valence-electron chi connectivity index (χ0n) is 12.0. The van der Waals surface area contributed by atoms with Crippen LogP contribution in [-0.4, -0.2) is 29.3 Å². The van der Waals surface area contributed by atoms with Gasteiger partial charge >= 0.3 is 0 Å². The Bertz CT molecular complexity index is 530. The fraction of sp³-hybridized carbons (Fsp3) is 0.429. The van der Waals surface area contributed by atoms with Crippen LogP contribution in [-0.2, 0) is 20.0 Å². The first-order valence-corrected chi connectivity index (χ1v) is 7.60. The van der Waals surface area contributed by atoms with Gasteiger partial charge in [-0.15, -0.1) is 11.3 Å². The Hall–Kier alpha value is -1.82. The molecule has 0 fully saturated rings. The second kappa shape index (κ2) is 7.69. The average Bonchev–Trinajstić information content (AvgIpc) is 3.09. The van der Waals surface area contributed by atoms with E-state index in [1.165, 1.54) is 10.4 Å². The van der Waals surface area contributed by atoms with Crippen molar-refractivity contribution in [2.24, 2.45) is 12.0 Å². The summed E-state index contributed by atoms with van der Waals surface area (Å²) in [6.07, 6.45) is 6.07. The van der Waals surface area contributed by atoms with Crippen LogP contribution in [0.25, 0.3) is 0 Å². The summed E-state index contributed by atoms with van der Waals surface area (Å²) < 4.78 is 1.84. The molecule has 0 radical (unpaired) electrons. The van der Waals surface area contributed by atoms with E-state index in [1.54, 1.807) is 18.4 Å². The maximum Gasteiger partial charge on any atom is 0.191 e. The van der Waals surface area contributed by atoms with Gasteiger partial charge in [-0.05, 0) is 29.9 Å². The lowest BCUT2D eigenvalue weighted by atomic mass is 10.2. The highest BCUT2D eigenvalue weighted by atomic mass is 32.1. The van der Waals surface area contributed by atoms with Gasteiger partial charge in [0.1, 0.15) is 0 Å². The van der Waals surface area contributed by atoms with E-state index in [-0.39, 0.29) is 0 Å². The van der Waals surface area contributed by atoms with E-state index in [0.717, 1.165) is 31.9 Å². The van der Waals surface area contributed by atoms with Crippen molar-refractivity contribution in [2.75, 3.05) is 13.6 Å². The number of aromatic nitrogens is 2. The summed E-state index contributed by atoms with van der Waals surface area (Å²) in [6, 6.07) is 4.18. The number of hydrogen-bond donors (Lipinski definition) is 2. The van der Waals surface area contributed by atoms with Crippen LogP contribution in [0.2, 0.25) is 0 Å². The molecule has 0 amide bonds. The highest BCUT2D eigenvalue weighted by Gasteiger charge is 2.00. The minimum atomic E-state index is 0.819. The molecule has 2 rings (SSSR count). The Morgan fingerprint density at radius 1 is 1.45 bits per heavy atom. The van der Waals surface area contributed by atoms with Crippen molar-refractivity contribution in [3.05, 3.63) is 40.3 Å². The highest BCUT2D eigenvalue weighted by molar-refractivity contribution is 7.09. The Labute approximate surface area is 123 Å². The molecular weight excluding hydrogens is 270 g/mol. The quantitative estimate of drug-likeness (QED) is 0.484. The maximum absolute atomic E-state index is 4.22. The largest absolute Gasteiger partial charge is 0.356 e. The lowest BCUT2D eigenvalue weighted by molar-refractivity contribution is 0.741. The molecule has 5 nitrogen and oxygen atoms in total. The van der Waals surface area contributed by atoms with Crippen molar-refractivity contribution in [2.45, 2.75) is 19.4 Å². The molecule has 0 aliphatic rings. The maximum atomic E-state index is 4.22. The van der Waals surface area contributed by atoms with Crippen molar-refractivity contribution in [3.63, 3.8) is 0 Å². The third-order valence-electron chi connectivity index (χ3n) is 2.93. The first kappa shape index (κ1) is 14.6. The number of nitrogens with one attached hydrogen (secondary N) is 2. The minimum absolute atomic E-state index is 0.819. The first-order valence-electron chi connectivity index (χ1n) is 6.72. The second-order valence-electron chi connectivity index (χ2n) is 4.56. The average molecular weight is 291 g/mol. The summed E-state index contributed by atoms with van der Waals surface area (Å²) in [5.74, 6) is 0.851. The van der Waals surface area contributed by atoms with Gasteiger partial charge in [0.15, 0.2) is 5.96 Å². The van der Waals surface area contributed by atoms with Crippen LogP contribution in [0, 0.1) is 0 Å². The van der Waals surface area contributed by atoms with Crippen molar-refractivity contribution in [3.8, 4) is 0 Å². The summed E-state index contributed by atoms with van der Waals surface area (Å²) in [5.41, 5.74) is 1.27. The molecule has 0 aliphatic carbocycles. The van der Waals surface area contributed by atoms with E-state index in [4.69, 9.17) is 0 Å². The molecule has 2 N–H and O–H groups in total. The molecular formula is C14H21N5S. The SMILES string of the molecule is CN=C(NCCCc1cnn(C)c1)NCc1cccs1. The van der Waals surface area contributed by atoms with Crippen molar-refractivity contribution >= 4 is 17.3 Å². The van der Waals surface area contributed by atoms with Gasteiger partial charge in [-0.1, -0.05) is 6.07 Å². The molecule has 108 valence electrons. The number of rotatable bonds is 6. The predicted molar refractivity (Wildman–Crippen MR) is 84.0 cm³/mol. The minimum Gasteiger partial charge on any atom is -0.356 e. The molecule has 6 heteroatoms. The Kier molecular flexibility index (Phi) is 5.61. The van der Waals surface area contributed by atoms with Gasteiger partial charge in [-0.2, -0.15) is 5.10 Å². The molecule has 2 heterocycles. The Morgan fingerprint density at radius 3 is 3.00 bits per heavy atom. The third-order valence-corrected chi connectivity index (χ3v) is 3.80. The van der Waals surface area contributed by atoms with Crippen LogP contribution >= 0.6 is 11.3 Å². The zero-order chi connectivity index (χ0) is 14.2. The molecule has 2 aromatic heterocycles. The number of hydrogen-bond acceptors (Lipinski definition) is 3. The molecule has 0 saturated carbocycles. The topological polar surface area (TPSA) is 54.2 Å². The second-order valence-corrected chi connectivity index (χ2v) is 5.59. The van der Waals surface area contributed by atoms with E-state index in [0.29, 0.717) is 0 Å². The Morgan fingerprint density at radius 2 is 2.35 bits per heavy atom. The number of thiophene rings is 1. The van der Waals surface area contributed by atoms with E-state index >= 15 is 0 Å². The van der Waals surface area contributed by atoms with Gasteiger partial charge < -0.3 is 10.6 Å². The van der Waals surface area contributed by atoms with Crippen LogP contribution < -0.4 is 10.6 Å². The summed E-state index contributed by atoms with van der Waals surface area (Å²) in [7, 11) is 3.74. The van der Waals surface area contributed by atoms with Gasteiger partial charge in [-0.25, -0.2) is 0 Å². The number of aryl methyl sites for hydroxylation is 2. The smallest absolute Gasteiger partial charge is 0.191 e. The molecule has 0 aliphatic heterocycles. The molecule has 2 aromatic rings. The lowest BCUT2D eigenvalue weighted by Gasteiger charge is -2.10. The molecule has 20 heavy (non-hydrogen) atoms. The molecule has 0 spiro atoms. The van der Waals surface area contributed by atoms with E-state index < -0.39 is 0 Å². The van der Waals surface area contributed by atoms with E-state index in [1.807, 2.05) is 17.9 Å².